The van der Waals surface area contributed by atoms with E-state index in [0.29, 0.717) is 6.04 Å². The van der Waals surface area contributed by atoms with E-state index in [9.17, 15) is 4.79 Å². The summed E-state index contributed by atoms with van der Waals surface area (Å²) in [6.07, 6.45) is 2.49. The van der Waals surface area contributed by atoms with Crippen LogP contribution in [0.2, 0.25) is 0 Å². The summed E-state index contributed by atoms with van der Waals surface area (Å²) in [5, 5.41) is 4.99. The van der Waals surface area contributed by atoms with Crippen LogP contribution in [0.15, 0.2) is 35.7 Å². The number of hydrogen-bond acceptors (Lipinski definition) is 4. The first-order valence-electron chi connectivity index (χ1n) is 7.22. The van der Waals surface area contributed by atoms with Gasteiger partial charge in [0.15, 0.2) is 0 Å². The number of fused-ring (bicyclic) bond motifs is 1. The largest absolute Gasteiger partial charge is 0.363 e. The van der Waals surface area contributed by atoms with E-state index in [4.69, 9.17) is 5.73 Å². The molecule has 5 heteroatoms. The zero-order chi connectivity index (χ0) is 14.4. The van der Waals surface area contributed by atoms with Crippen LogP contribution in [0, 0.1) is 0 Å². The van der Waals surface area contributed by atoms with Gasteiger partial charge >= 0.3 is 0 Å². The number of thiophene rings is 1. The number of benzene rings is 1. The molecule has 1 atom stereocenters. The quantitative estimate of drug-likeness (QED) is 0.912. The molecule has 0 saturated heterocycles. The van der Waals surface area contributed by atoms with E-state index < -0.39 is 6.04 Å². The summed E-state index contributed by atoms with van der Waals surface area (Å²) in [4.78, 5) is 15.5. The molecule has 0 radical (unpaired) electrons. The zero-order valence-corrected chi connectivity index (χ0v) is 12.4. The Morgan fingerprint density at radius 3 is 2.90 bits per heavy atom. The van der Waals surface area contributed by atoms with E-state index in [2.05, 4.69) is 39.9 Å². The van der Waals surface area contributed by atoms with Crippen molar-refractivity contribution in [2.45, 2.75) is 31.5 Å². The molecule has 2 aromatic rings. The smallest absolute Gasteiger partial charge is 0.245 e. The lowest BCUT2D eigenvalue weighted by molar-refractivity contribution is -0.116. The van der Waals surface area contributed by atoms with Crippen LogP contribution in [-0.4, -0.2) is 11.9 Å². The molecule has 4 nitrogen and oxygen atoms in total. The van der Waals surface area contributed by atoms with Gasteiger partial charge in [-0.3, -0.25) is 4.79 Å². The fraction of sp³-hybridized carbons (Fsp3) is 0.312. The molecule has 2 heterocycles. The third kappa shape index (κ3) is 2.32. The topological polar surface area (TPSA) is 58.4 Å². The second-order valence-corrected chi connectivity index (χ2v) is 6.71. The molecular weight excluding hydrogens is 282 g/mol. The molecule has 108 valence electrons. The highest BCUT2D eigenvalue weighted by molar-refractivity contribution is 7.09. The number of carbonyl (C=O) groups is 1. The number of nitrogens with one attached hydrogen (secondary N) is 1. The number of amides is 1. The van der Waals surface area contributed by atoms with Gasteiger partial charge in [0.2, 0.25) is 5.91 Å². The van der Waals surface area contributed by atoms with Crippen molar-refractivity contribution >= 4 is 28.6 Å². The molecule has 1 saturated carbocycles. The molecule has 2 aliphatic rings. The Balaban J connectivity index is 1.65. The molecule has 0 spiro atoms. The molecule has 0 bridgehead atoms. The second kappa shape index (κ2) is 4.86. The number of carbonyl (C=O) groups excluding carboxylic acids is 1. The van der Waals surface area contributed by atoms with Crippen LogP contribution in [0.25, 0.3) is 0 Å². The van der Waals surface area contributed by atoms with E-state index >= 15 is 0 Å². The van der Waals surface area contributed by atoms with Crippen LogP contribution >= 0.6 is 11.3 Å². The molecule has 1 aromatic heterocycles. The van der Waals surface area contributed by atoms with Crippen LogP contribution in [-0.2, 0) is 11.3 Å². The van der Waals surface area contributed by atoms with E-state index in [1.54, 1.807) is 11.3 Å². The standard InChI is InChI=1S/C16H17N3OS/c17-15-13-6-5-11(8-14(13)18-16(15)20)19(10-3-4-10)9-12-2-1-7-21-12/h1-2,5-8,10,15H,3-4,9,17H2,(H,18,20). The van der Waals surface area contributed by atoms with Gasteiger partial charge in [0, 0.05) is 27.9 Å². The number of rotatable bonds is 4. The van der Waals surface area contributed by atoms with Gasteiger partial charge in [0.1, 0.15) is 6.04 Å². The summed E-state index contributed by atoms with van der Waals surface area (Å²) in [5.41, 5.74) is 8.80. The van der Waals surface area contributed by atoms with Gasteiger partial charge in [-0.1, -0.05) is 12.1 Å². The molecule has 1 aliphatic carbocycles. The molecule has 21 heavy (non-hydrogen) atoms. The van der Waals surface area contributed by atoms with Crippen molar-refractivity contribution in [3.8, 4) is 0 Å². The van der Waals surface area contributed by atoms with Crippen molar-refractivity contribution in [1.82, 2.24) is 0 Å². The van der Waals surface area contributed by atoms with Gasteiger partial charge in [-0.05, 0) is 36.4 Å². The Morgan fingerprint density at radius 1 is 1.33 bits per heavy atom. The van der Waals surface area contributed by atoms with Crippen LogP contribution in [0.1, 0.15) is 29.3 Å². The van der Waals surface area contributed by atoms with Gasteiger partial charge in [0.05, 0.1) is 6.54 Å². The van der Waals surface area contributed by atoms with E-state index in [1.807, 2.05) is 6.07 Å². The minimum atomic E-state index is -0.527. The Labute approximate surface area is 127 Å². The Hall–Kier alpha value is -1.85. The summed E-state index contributed by atoms with van der Waals surface area (Å²) in [6, 6.07) is 10.5. The number of nitrogens with zero attached hydrogens (tertiary/aromatic N) is 1. The van der Waals surface area contributed by atoms with Crippen LogP contribution in [0.4, 0.5) is 11.4 Å². The number of hydrogen-bond donors (Lipinski definition) is 2. The third-order valence-corrected chi connectivity index (χ3v) is 5.00. The first kappa shape index (κ1) is 12.9. The molecule has 4 rings (SSSR count). The predicted octanol–water partition coefficient (Wildman–Crippen LogP) is 2.87. The lowest BCUT2D eigenvalue weighted by Crippen LogP contribution is -2.24. The van der Waals surface area contributed by atoms with Crippen molar-refractivity contribution < 1.29 is 4.79 Å². The molecule has 1 unspecified atom stereocenters. The fourth-order valence-corrected chi connectivity index (χ4v) is 3.54. The summed E-state index contributed by atoms with van der Waals surface area (Å²) >= 11 is 1.79. The van der Waals surface area contributed by atoms with E-state index in [0.717, 1.165) is 17.8 Å². The summed E-state index contributed by atoms with van der Waals surface area (Å²) in [6.45, 7) is 0.932. The maximum atomic E-state index is 11.7. The Morgan fingerprint density at radius 2 is 2.19 bits per heavy atom. The number of nitrogens with two attached hydrogens (primary N) is 1. The number of anilines is 2. The molecule has 1 aliphatic heterocycles. The van der Waals surface area contributed by atoms with Crippen molar-refractivity contribution in [1.29, 1.82) is 0 Å². The van der Waals surface area contributed by atoms with Crippen molar-refractivity contribution in [3.63, 3.8) is 0 Å². The van der Waals surface area contributed by atoms with Crippen LogP contribution < -0.4 is 16.0 Å². The highest BCUT2D eigenvalue weighted by atomic mass is 32.1. The van der Waals surface area contributed by atoms with Crippen molar-refractivity contribution in [3.05, 3.63) is 46.2 Å². The maximum absolute atomic E-state index is 11.7. The fourth-order valence-electron chi connectivity index (χ4n) is 2.84. The van der Waals surface area contributed by atoms with Crippen molar-refractivity contribution in [2.24, 2.45) is 5.73 Å². The SMILES string of the molecule is NC1C(=O)Nc2cc(N(Cc3cccs3)C3CC3)ccc21. The Kier molecular flexibility index (Phi) is 2.97. The summed E-state index contributed by atoms with van der Waals surface area (Å²) in [5.74, 6) is -0.113. The maximum Gasteiger partial charge on any atom is 0.245 e. The highest BCUT2D eigenvalue weighted by Gasteiger charge is 2.32. The van der Waals surface area contributed by atoms with Gasteiger partial charge in [0.25, 0.3) is 0 Å². The molecule has 1 aromatic carbocycles. The first-order chi connectivity index (χ1) is 10.2. The lowest BCUT2D eigenvalue weighted by Gasteiger charge is -2.24. The first-order valence-corrected chi connectivity index (χ1v) is 8.10. The van der Waals surface area contributed by atoms with Gasteiger partial charge in [-0.2, -0.15) is 0 Å². The van der Waals surface area contributed by atoms with Gasteiger partial charge in [-0.15, -0.1) is 11.3 Å². The minimum absolute atomic E-state index is 0.113. The van der Waals surface area contributed by atoms with Crippen LogP contribution in [0.5, 0.6) is 0 Å². The Bertz CT molecular complexity index is 679. The zero-order valence-electron chi connectivity index (χ0n) is 11.6. The average Bonchev–Trinajstić information content (AvgIpc) is 3.12. The summed E-state index contributed by atoms with van der Waals surface area (Å²) < 4.78 is 0. The highest BCUT2D eigenvalue weighted by Crippen LogP contribution is 2.38. The van der Waals surface area contributed by atoms with Crippen molar-refractivity contribution in [2.75, 3.05) is 10.2 Å². The average molecular weight is 299 g/mol. The molecule has 3 N–H and O–H groups in total. The minimum Gasteiger partial charge on any atom is -0.363 e. The van der Waals surface area contributed by atoms with Gasteiger partial charge in [-0.25, -0.2) is 0 Å². The van der Waals surface area contributed by atoms with E-state index in [1.165, 1.54) is 23.4 Å². The lowest BCUT2D eigenvalue weighted by atomic mass is 10.1. The van der Waals surface area contributed by atoms with Gasteiger partial charge < -0.3 is 16.0 Å². The second-order valence-electron chi connectivity index (χ2n) is 5.68. The monoisotopic (exact) mass is 299 g/mol. The van der Waals surface area contributed by atoms with Crippen LogP contribution in [0.3, 0.4) is 0 Å². The normalized spacial score (nSPS) is 20.2. The molecular formula is C16H17N3OS. The third-order valence-electron chi connectivity index (χ3n) is 4.14. The van der Waals surface area contributed by atoms with E-state index in [-0.39, 0.29) is 5.91 Å². The molecule has 1 amide bonds. The predicted molar refractivity (Wildman–Crippen MR) is 85.5 cm³/mol. The molecule has 1 fully saturated rings. The summed E-state index contributed by atoms with van der Waals surface area (Å²) in [7, 11) is 0.